The Labute approximate surface area is 405 Å². The van der Waals surface area contributed by atoms with Gasteiger partial charge in [-0.1, -0.05) is 82.6 Å². The van der Waals surface area contributed by atoms with Crippen molar-refractivity contribution < 1.29 is 28.5 Å². The number of nitrogen functional groups attached to an aromatic ring is 2. The first kappa shape index (κ1) is 47.4. The maximum atomic E-state index is 13.4. The molecule has 0 heterocycles. The summed E-state index contributed by atoms with van der Waals surface area (Å²) in [6.45, 7) is 10.8. The topological polar surface area (TPSA) is 123 Å². The zero-order valence-corrected chi connectivity index (χ0v) is 39.8. The van der Waals surface area contributed by atoms with Crippen molar-refractivity contribution in [1.82, 2.24) is 0 Å². The van der Waals surface area contributed by atoms with Crippen molar-refractivity contribution in [2.45, 2.75) is 71.0 Å². The molecule has 8 rings (SSSR count). The van der Waals surface area contributed by atoms with Crippen LogP contribution in [0.4, 0.5) is 11.4 Å². The Balaban J connectivity index is 0.857. The van der Waals surface area contributed by atoms with E-state index < -0.39 is 5.60 Å². The summed E-state index contributed by atoms with van der Waals surface area (Å²) in [5.41, 5.74) is 18.8. The molecule has 0 aliphatic rings. The van der Waals surface area contributed by atoms with E-state index in [4.69, 9.17) is 30.4 Å². The zero-order chi connectivity index (χ0) is 48.5. The lowest BCUT2D eigenvalue weighted by molar-refractivity contribution is 0.0760. The summed E-state index contributed by atoms with van der Waals surface area (Å²) in [5, 5.41) is 0. The number of carbonyl (C=O) groups excluding carboxylic acids is 2. The molecular formula is C61H58N2O6. The lowest BCUT2D eigenvalue weighted by Gasteiger charge is -2.32. The van der Waals surface area contributed by atoms with Crippen LogP contribution in [0, 0.1) is 0 Å². The summed E-state index contributed by atoms with van der Waals surface area (Å²) in [4.78, 5) is 26.8. The van der Waals surface area contributed by atoms with E-state index in [1.165, 1.54) is 0 Å². The van der Waals surface area contributed by atoms with E-state index in [1.54, 1.807) is 72.8 Å². The molecule has 8 aromatic carbocycles. The molecule has 8 nitrogen and oxygen atoms in total. The Morgan fingerprint density at radius 3 is 1.17 bits per heavy atom. The van der Waals surface area contributed by atoms with Gasteiger partial charge in [0.15, 0.2) is 11.6 Å². The predicted octanol–water partition coefficient (Wildman–Crippen LogP) is 14.8. The monoisotopic (exact) mass is 914 g/mol. The Morgan fingerprint density at radius 1 is 0.435 bits per heavy atom. The molecule has 69 heavy (non-hydrogen) atoms. The third kappa shape index (κ3) is 11.4. The zero-order valence-electron chi connectivity index (χ0n) is 39.8. The molecule has 4 N–H and O–H groups in total. The number of anilines is 2. The van der Waals surface area contributed by atoms with Gasteiger partial charge < -0.3 is 30.4 Å². The van der Waals surface area contributed by atoms with Crippen LogP contribution in [-0.4, -0.2) is 11.6 Å². The largest absolute Gasteiger partial charge is 0.486 e. The van der Waals surface area contributed by atoms with Crippen LogP contribution in [0.1, 0.15) is 114 Å². The summed E-state index contributed by atoms with van der Waals surface area (Å²) < 4.78 is 25.1. The second kappa shape index (κ2) is 20.8. The summed E-state index contributed by atoms with van der Waals surface area (Å²) in [6.07, 6.45) is 2.40. The molecule has 8 aromatic rings. The Hall–Kier alpha value is -8.10. The highest BCUT2D eigenvalue weighted by Crippen LogP contribution is 2.38. The van der Waals surface area contributed by atoms with Gasteiger partial charge in [-0.25, -0.2) is 0 Å². The van der Waals surface area contributed by atoms with Crippen LogP contribution in [0.5, 0.6) is 34.5 Å². The van der Waals surface area contributed by atoms with E-state index in [0.29, 0.717) is 68.1 Å². The molecule has 0 saturated carbocycles. The van der Waals surface area contributed by atoms with E-state index in [0.717, 1.165) is 41.5 Å². The molecule has 0 aliphatic heterocycles. The fraction of sp³-hybridized carbons (Fsp3) is 0.180. The van der Waals surface area contributed by atoms with Gasteiger partial charge >= 0.3 is 0 Å². The normalized spacial score (nSPS) is 12.6. The average Bonchev–Trinajstić information content (AvgIpc) is 3.37. The lowest BCUT2D eigenvalue weighted by Crippen LogP contribution is -2.29. The summed E-state index contributed by atoms with van der Waals surface area (Å²) in [5.74, 6) is 3.86. The van der Waals surface area contributed by atoms with Crippen molar-refractivity contribution in [2.24, 2.45) is 0 Å². The smallest absolute Gasteiger partial charge is 0.193 e. The number of rotatable bonds is 19. The Kier molecular flexibility index (Phi) is 14.3. The summed E-state index contributed by atoms with van der Waals surface area (Å²) in [6, 6.07) is 60.6. The van der Waals surface area contributed by atoms with E-state index in [1.807, 2.05) is 84.9 Å². The Bertz CT molecular complexity index is 2970. The molecule has 0 fully saturated rings. The van der Waals surface area contributed by atoms with Crippen molar-refractivity contribution in [3.8, 4) is 34.5 Å². The third-order valence-corrected chi connectivity index (χ3v) is 12.6. The molecule has 0 amide bonds. The van der Waals surface area contributed by atoms with Crippen LogP contribution in [0.2, 0.25) is 0 Å². The van der Waals surface area contributed by atoms with Crippen LogP contribution in [0.15, 0.2) is 194 Å². The van der Waals surface area contributed by atoms with Gasteiger partial charge in [-0.2, -0.15) is 0 Å². The summed E-state index contributed by atoms with van der Waals surface area (Å²) in [7, 11) is 0. The Morgan fingerprint density at radius 2 is 0.768 bits per heavy atom. The van der Waals surface area contributed by atoms with Crippen LogP contribution < -0.4 is 30.4 Å². The highest BCUT2D eigenvalue weighted by molar-refractivity contribution is 6.09. The number of hydrogen-bond donors (Lipinski definition) is 2. The van der Waals surface area contributed by atoms with Crippen molar-refractivity contribution in [1.29, 1.82) is 0 Å². The second-order valence-electron chi connectivity index (χ2n) is 18.0. The van der Waals surface area contributed by atoms with Crippen LogP contribution >= 0.6 is 0 Å². The van der Waals surface area contributed by atoms with E-state index in [2.05, 4.69) is 71.0 Å². The van der Waals surface area contributed by atoms with Gasteiger partial charge in [0.25, 0.3) is 0 Å². The van der Waals surface area contributed by atoms with Gasteiger partial charge in [-0.15, -0.1) is 0 Å². The van der Waals surface area contributed by atoms with Gasteiger partial charge in [-0.3, -0.25) is 9.59 Å². The second-order valence-corrected chi connectivity index (χ2v) is 18.0. The molecule has 348 valence electrons. The highest BCUT2D eigenvalue weighted by Gasteiger charge is 2.30. The van der Waals surface area contributed by atoms with Crippen LogP contribution in [0.25, 0.3) is 0 Å². The van der Waals surface area contributed by atoms with Gasteiger partial charge in [0.05, 0.1) is 0 Å². The first-order valence-corrected chi connectivity index (χ1v) is 23.4. The maximum Gasteiger partial charge on any atom is 0.193 e. The van der Waals surface area contributed by atoms with Crippen molar-refractivity contribution in [2.75, 3.05) is 11.5 Å². The van der Waals surface area contributed by atoms with Gasteiger partial charge in [0.1, 0.15) is 46.2 Å². The molecule has 0 spiro atoms. The minimum atomic E-state index is -0.591. The molecule has 2 unspecified atom stereocenters. The van der Waals surface area contributed by atoms with Crippen LogP contribution in [0.3, 0.4) is 0 Å². The molecule has 0 saturated heterocycles. The predicted molar refractivity (Wildman–Crippen MR) is 276 cm³/mol. The van der Waals surface area contributed by atoms with Gasteiger partial charge in [0, 0.05) is 39.0 Å². The van der Waals surface area contributed by atoms with E-state index >= 15 is 0 Å². The number of ether oxygens (including phenoxy) is 4. The fourth-order valence-corrected chi connectivity index (χ4v) is 8.45. The van der Waals surface area contributed by atoms with E-state index in [-0.39, 0.29) is 23.1 Å². The van der Waals surface area contributed by atoms with Crippen molar-refractivity contribution in [3.63, 3.8) is 0 Å². The highest BCUT2D eigenvalue weighted by atomic mass is 16.5. The van der Waals surface area contributed by atoms with Gasteiger partial charge in [0.2, 0.25) is 0 Å². The maximum absolute atomic E-state index is 13.4. The molecule has 0 bridgehead atoms. The number of ketones is 2. The first-order chi connectivity index (χ1) is 33.3. The standard InChI is InChI=1S/C61H58N2O6/c1-6-40-61(5,69-56-34-16-45(17-35-56)59(65)43-12-30-52(31-13-43)67-54-38-26-50(63)27-39-54)48-20-18-46(19-21-48)60(3,4)47-22-36-53(37-23-47)66-51-28-10-42(11-29-51)58(64)44-14-32-55(33-15-44)68-57(7-2)41-8-24-49(62)25-9-41/h8-39,57H,6-7,40,62-63H2,1-5H3. The van der Waals surface area contributed by atoms with Crippen LogP contribution in [-0.2, 0) is 11.0 Å². The van der Waals surface area contributed by atoms with E-state index in [9.17, 15) is 9.59 Å². The minimum Gasteiger partial charge on any atom is -0.486 e. The third-order valence-electron chi connectivity index (χ3n) is 12.6. The number of benzene rings is 8. The van der Waals surface area contributed by atoms with Crippen molar-refractivity contribution >= 4 is 22.9 Å². The minimum absolute atomic E-state index is 0.0808. The average molecular weight is 915 g/mol. The fourth-order valence-electron chi connectivity index (χ4n) is 8.45. The molecule has 8 heteroatoms. The number of hydrogen-bond acceptors (Lipinski definition) is 8. The van der Waals surface area contributed by atoms with Crippen molar-refractivity contribution in [3.05, 3.63) is 239 Å². The summed E-state index contributed by atoms with van der Waals surface area (Å²) >= 11 is 0. The SMILES string of the molecule is CCCC(C)(Oc1ccc(C(=O)c2ccc(Oc3ccc(N)cc3)cc2)cc1)c1ccc(C(C)(C)c2ccc(Oc3ccc(C(=O)c4ccc(OC(CC)c5ccc(N)cc5)cc4)cc3)cc2)cc1. The molecule has 0 radical (unpaired) electrons. The molecule has 2 atom stereocenters. The number of nitrogens with two attached hydrogens (primary N) is 2. The van der Waals surface area contributed by atoms with Gasteiger partial charge in [-0.05, 0) is 188 Å². The lowest BCUT2D eigenvalue weighted by atomic mass is 9.77. The first-order valence-electron chi connectivity index (χ1n) is 23.4. The number of carbonyl (C=O) groups is 2. The molecule has 0 aromatic heterocycles. The molecule has 0 aliphatic carbocycles. The quantitative estimate of drug-likeness (QED) is 0.0607. The molecular weight excluding hydrogens is 857 g/mol.